The average molecular weight is 278 g/mol. The summed E-state index contributed by atoms with van der Waals surface area (Å²) in [7, 11) is 1.92. The number of carbonyl (C=O) groups excluding carboxylic acids is 1. The Bertz CT molecular complexity index is 533. The second kappa shape index (κ2) is 6.91. The quantitative estimate of drug-likeness (QED) is 0.724. The highest BCUT2D eigenvalue weighted by atomic mass is 16.5. The van der Waals surface area contributed by atoms with E-state index in [1.54, 1.807) is 19.3 Å². The van der Waals surface area contributed by atoms with Crippen molar-refractivity contribution < 1.29 is 18.5 Å². The number of nitrogens with zero attached hydrogens (tertiary/aromatic N) is 2. The van der Waals surface area contributed by atoms with Crippen LogP contribution in [0.2, 0.25) is 0 Å². The van der Waals surface area contributed by atoms with Gasteiger partial charge in [0.2, 0.25) is 5.76 Å². The molecule has 6 heteroatoms. The largest absolute Gasteiger partial charge is 0.466 e. The van der Waals surface area contributed by atoms with Crippen molar-refractivity contribution in [2.45, 2.75) is 19.9 Å². The summed E-state index contributed by atoms with van der Waals surface area (Å²) >= 11 is 0. The number of hydrogen-bond acceptors (Lipinski definition) is 6. The highest BCUT2D eigenvalue weighted by Crippen LogP contribution is 2.20. The van der Waals surface area contributed by atoms with Crippen LogP contribution in [-0.2, 0) is 16.1 Å². The Morgan fingerprint density at radius 1 is 1.45 bits per heavy atom. The van der Waals surface area contributed by atoms with Crippen molar-refractivity contribution in [2.75, 3.05) is 20.2 Å². The predicted molar refractivity (Wildman–Crippen MR) is 71.8 cm³/mol. The highest BCUT2D eigenvalue weighted by molar-refractivity contribution is 5.69. The van der Waals surface area contributed by atoms with Gasteiger partial charge in [0.1, 0.15) is 0 Å². The zero-order valence-electron chi connectivity index (χ0n) is 11.7. The number of carbonyl (C=O) groups is 1. The third kappa shape index (κ3) is 3.96. The van der Waals surface area contributed by atoms with Crippen molar-refractivity contribution in [3.8, 4) is 11.5 Å². The summed E-state index contributed by atoms with van der Waals surface area (Å²) in [5.74, 6) is 1.07. The molecule has 6 nitrogen and oxygen atoms in total. The molecule has 0 aromatic carbocycles. The molecule has 0 spiro atoms. The molecule has 0 aliphatic carbocycles. The van der Waals surface area contributed by atoms with Crippen LogP contribution in [-0.4, -0.2) is 36.2 Å². The molecule has 0 saturated heterocycles. The lowest BCUT2D eigenvalue weighted by Crippen LogP contribution is -2.22. The summed E-state index contributed by atoms with van der Waals surface area (Å²) in [5.41, 5.74) is 0.794. The standard InChI is InChI=1S/C14H18N2O4/c1-3-18-14(17)6-7-16(2)10-11-9-13(20-15-11)12-5-4-8-19-12/h4-5,8-9H,3,6-7,10H2,1-2H3. The summed E-state index contributed by atoms with van der Waals surface area (Å²) in [6.07, 6.45) is 1.95. The summed E-state index contributed by atoms with van der Waals surface area (Å²) in [6.45, 7) is 3.43. The number of ether oxygens (including phenoxy) is 1. The van der Waals surface area contributed by atoms with Crippen LogP contribution in [0.15, 0.2) is 33.4 Å². The molecule has 0 fully saturated rings. The molecule has 2 heterocycles. The van der Waals surface area contributed by atoms with Crippen molar-refractivity contribution in [2.24, 2.45) is 0 Å². The van der Waals surface area contributed by atoms with E-state index in [2.05, 4.69) is 5.16 Å². The predicted octanol–water partition coefficient (Wildman–Crippen LogP) is 2.32. The van der Waals surface area contributed by atoms with Gasteiger partial charge in [-0.2, -0.15) is 0 Å². The van der Waals surface area contributed by atoms with Crippen LogP contribution in [0.1, 0.15) is 19.0 Å². The Labute approximate surface area is 117 Å². The molecule has 0 saturated carbocycles. The van der Waals surface area contributed by atoms with Crippen LogP contribution < -0.4 is 0 Å². The van der Waals surface area contributed by atoms with E-state index < -0.39 is 0 Å². The van der Waals surface area contributed by atoms with Gasteiger partial charge in [0, 0.05) is 19.2 Å². The summed E-state index contributed by atoms with van der Waals surface area (Å²) in [6, 6.07) is 5.44. The van der Waals surface area contributed by atoms with Gasteiger partial charge in [0.25, 0.3) is 0 Å². The summed E-state index contributed by atoms with van der Waals surface area (Å²) in [5, 5.41) is 3.98. The monoisotopic (exact) mass is 278 g/mol. The van der Waals surface area contributed by atoms with E-state index in [-0.39, 0.29) is 5.97 Å². The molecule has 108 valence electrons. The normalized spacial score (nSPS) is 10.9. The summed E-state index contributed by atoms with van der Waals surface area (Å²) in [4.78, 5) is 13.3. The molecule has 0 aliphatic rings. The van der Waals surface area contributed by atoms with Gasteiger partial charge < -0.3 is 13.7 Å². The summed E-state index contributed by atoms with van der Waals surface area (Å²) < 4.78 is 15.3. The van der Waals surface area contributed by atoms with Crippen molar-refractivity contribution in [3.63, 3.8) is 0 Å². The molecule has 2 aromatic heterocycles. The Morgan fingerprint density at radius 3 is 3.00 bits per heavy atom. The Hall–Kier alpha value is -2.08. The first-order valence-electron chi connectivity index (χ1n) is 6.52. The first-order chi connectivity index (χ1) is 9.69. The molecule has 2 rings (SSSR count). The van der Waals surface area contributed by atoms with E-state index >= 15 is 0 Å². The Balaban J connectivity index is 1.83. The lowest BCUT2D eigenvalue weighted by molar-refractivity contribution is -0.143. The van der Waals surface area contributed by atoms with Crippen LogP contribution in [0.25, 0.3) is 11.5 Å². The topological polar surface area (TPSA) is 68.7 Å². The van der Waals surface area contributed by atoms with Crippen LogP contribution >= 0.6 is 0 Å². The van der Waals surface area contributed by atoms with Gasteiger partial charge in [-0.15, -0.1) is 0 Å². The van der Waals surface area contributed by atoms with Gasteiger partial charge in [-0.05, 0) is 26.1 Å². The van der Waals surface area contributed by atoms with Gasteiger partial charge in [0.05, 0.1) is 25.0 Å². The van der Waals surface area contributed by atoms with Crippen LogP contribution in [0.5, 0.6) is 0 Å². The molecule has 2 aromatic rings. The van der Waals surface area contributed by atoms with Gasteiger partial charge in [-0.3, -0.25) is 9.69 Å². The SMILES string of the molecule is CCOC(=O)CCN(C)Cc1cc(-c2ccco2)on1. The fraction of sp³-hybridized carbons (Fsp3) is 0.429. The zero-order chi connectivity index (χ0) is 14.4. The number of aromatic nitrogens is 1. The lowest BCUT2D eigenvalue weighted by atomic mass is 10.3. The molecule has 0 aliphatic heterocycles. The molecule has 20 heavy (non-hydrogen) atoms. The van der Waals surface area contributed by atoms with Crippen molar-refractivity contribution in [3.05, 3.63) is 30.2 Å². The maximum absolute atomic E-state index is 11.3. The average Bonchev–Trinajstić information content (AvgIpc) is 3.07. The van der Waals surface area contributed by atoms with Crippen LogP contribution in [0, 0.1) is 0 Å². The molecular formula is C14H18N2O4. The van der Waals surface area contributed by atoms with Gasteiger partial charge in [0.15, 0.2) is 5.76 Å². The molecule has 0 N–H and O–H groups in total. The maximum atomic E-state index is 11.3. The Morgan fingerprint density at radius 2 is 2.30 bits per heavy atom. The molecular weight excluding hydrogens is 260 g/mol. The van der Waals surface area contributed by atoms with Gasteiger partial charge in [-0.1, -0.05) is 5.16 Å². The van der Waals surface area contributed by atoms with Crippen molar-refractivity contribution in [1.82, 2.24) is 10.1 Å². The number of furan rings is 1. The third-order valence-electron chi connectivity index (χ3n) is 2.76. The van der Waals surface area contributed by atoms with Crippen LogP contribution in [0.3, 0.4) is 0 Å². The molecule has 0 atom stereocenters. The molecule has 0 radical (unpaired) electrons. The minimum absolute atomic E-state index is 0.184. The van der Waals surface area contributed by atoms with E-state index in [4.69, 9.17) is 13.7 Å². The van der Waals surface area contributed by atoms with E-state index in [9.17, 15) is 4.79 Å². The minimum Gasteiger partial charge on any atom is -0.466 e. The lowest BCUT2D eigenvalue weighted by Gasteiger charge is -2.13. The number of hydrogen-bond donors (Lipinski definition) is 0. The van der Waals surface area contributed by atoms with E-state index in [0.717, 1.165) is 5.69 Å². The highest BCUT2D eigenvalue weighted by Gasteiger charge is 2.11. The fourth-order valence-corrected chi connectivity index (χ4v) is 1.79. The smallest absolute Gasteiger partial charge is 0.307 e. The van der Waals surface area contributed by atoms with Crippen LogP contribution in [0.4, 0.5) is 0 Å². The molecule has 0 unspecified atom stereocenters. The third-order valence-corrected chi connectivity index (χ3v) is 2.76. The Kier molecular flexibility index (Phi) is 4.95. The molecule has 0 bridgehead atoms. The van der Waals surface area contributed by atoms with E-state index in [1.165, 1.54) is 0 Å². The second-order valence-corrected chi connectivity index (χ2v) is 4.45. The first kappa shape index (κ1) is 14.3. The molecule has 0 amide bonds. The van der Waals surface area contributed by atoms with E-state index in [1.807, 2.05) is 24.1 Å². The maximum Gasteiger partial charge on any atom is 0.307 e. The van der Waals surface area contributed by atoms with Gasteiger partial charge >= 0.3 is 5.97 Å². The number of rotatable bonds is 7. The fourth-order valence-electron chi connectivity index (χ4n) is 1.79. The van der Waals surface area contributed by atoms with Gasteiger partial charge in [-0.25, -0.2) is 0 Å². The van der Waals surface area contributed by atoms with E-state index in [0.29, 0.717) is 37.6 Å². The zero-order valence-corrected chi connectivity index (χ0v) is 11.7. The minimum atomic E-state index is -0.184. The van der Waals surface area contributed by atoms with Crippen molar-refractivity contribution in [1.29, 1.82) is 0 Å². The first-order valence-corrected chi connectivity index (χ1v) is 6.52. The van der Waals surface area contributed by atoms with Crippen molar-refractivity contribution >= 4 is 5.97 Å². The number of esters is 1. The second-order valence-electron chi connectivity index (χ2n) is 4.45.